The number of aromatic nitrogens is 2. The highest BCUT2D eigenvalue weighted by Gasteiger charge is 2.45. The van der Waals surface area contributed by atoms with E-state index in [4.69, 9.17) is 4.52 Å². The van der Waals surface area contributed by atoms with Gasteiger partial charge in [-0.25, -0.2) is 0 Å². The zero-order chi connectivity index (χ0) is 20.6. The summed E-state index contributed by atoms with van der Waals surface area (Å²) in [6, 6.07) is 20.7. The largest absolute Gasteiger partial charge is 0.345 e. The van der Waals surface area contributed by atoms with Crippen LogP contribution in [0.2, 0.25) is 0 Å². The number of likely N-dealkylation sites (N-methyl/N-ethyl adjacent to an activating group) is 1. The normalized spacial score (nSPS) is 21.2. The van der Waals surface area contributed by atoms with Gasteiger partial charge in [0.2, 0.25) is 11.7 Å². The van der Waals surface area contributed by atoms with Gasteiger partial charge in [0.25, 0.3) is 0 Å². The lowest BCUT2D eigenvalue weighted by atomic mass is 9.68. The predicted molar refractivity (Wildman–Crippen MR) is 115 cm³/mol. The molecule has 0 aliphatic carbocycles. The van der Waals surface area contributed by atoms with Crippen LogP contribution in [0.4, 0.5) is 6.01 Å². The lowest BCUT2D eigenvalue weighted by molar-refractivity contribution is -0.138. The smallest absolute Gasteiger partial charge is 0.324 e. The maximum atomic E-state index is 12.9. The highest BCUT2D eigenvalue weighted by Crippen LogP contribution is 2.45. The zero-order valence-electron chi connectivity index (χ0n) is 17.2. The Bertz CT molecular complexity index is 1010. The Morgan fingerprint density at radius 1 is 1.00 bits per heavy atom. The summed E-state index contributed by atoms with van der Waals surface area (Å²) in [4.78, 5) is 21.6. The number of anilines is 1. The van der Waals surface area contributed by atoms with Crippen LogP contribution in [0.5, 0.6) is 0 Å². The van der Waals surface area contributed by atoms with Crippen LogP contribution in [0.15, 0.2) is 65.2 Å². The Kier molecular flexibility index (Phi) is 4.77. The third kappa shape index (κ3) is 3.47. The van der Waals surface area contributed by atoms with Crippen molar-refractivity contribution in [2.24, 2.45) is 5.41 Å². The molecule has 2 aromatic carbocycles. The molecule has 6 heteroatoms. The van der Waals surface area contributed by atoms with E-state index < -0.39 is 0 Å². The summed E-state index contributed by atoms with van der Waals surface area (Å²) in [7, 11) is 1.94. The first-order valence-electron chi connectivity index (χ1n) is 10.6. The molecule has 0 saturated carbocycles. The van der Waals surface area contributed by atoms with Crippen molar-refractivity contribution in [1.29, 1.82) is 0 Å². The number of likely N-dealkylation sites (tertiary alicyclic amines) is 1. The zero-order valence-corrected chi connectivity index (χ0v) is 17.2. The summed E-state index contributed by atoms with van der Waals surface area (Å²) < 4.78 is 5.56. The lowest BCUT2D eigenvalue weighted by Gasteiger charge is -2.48. The first-order chi connectivity index (χ1) is 14.6. The van der Waals surface area contributed by atoms with Crippen molar-refractivity contribution in [3.05, 3.63) is 66.2 Å². The second-order valence-electron chi connectivity index (χ2n) is 8.62. The van der Waals surface area contributed by atoms with E-state index in [1.807, 2.05) is 60.5 Å². The molecule has 3 heterocycles. The molecule has 0 N–H and O–H groups in total. The van der Waals surface area contributed by atoms with Crippen LogP contribution in [0.3, 0.4) is 0 Å². The van der Waals surface area contributed by atoms with Gasteiger partial charge < -0.3 is 14.3 Å². The maximum absolute atomic E-state index is 12.9. The fourth-order valence-electron chi connectivity index (χ4n) is 4.96. The molecule has 0 bridgehead atoms. The molecule has 2 saturated heterocycles. The molecule has 2 aliphatic rings. The molecule has 0 unspecified atom stereocenters. The van der Waals surface area contributed by atoms with Gasteiger partial charge in [-0.1, -0.05) is 65.8 Å². The summed E-state index contributed by atoms with van der Waals surface area (Å²) in [5.74, 6) is 0.807. The van der Waals surface area contributed by atoms with E-state index in [1.54, 1.807) is 0 Å². The SMILES string of the molecule is CN1CC2(CCN(c3nc(-c4ccccc4)no3)CC2)C[C@H](c2ccccc2)C1=O. The second kappa shape index (κ2) is 7.59. The van der Waals surface area contributed by atoms with Crippen molar-refractivity contribution >= 4 is 11.9 Å². The van der Waals surface area contributed by atoms with Gasteiger partial charge in [0, 0.05) is 32.2 Å². The van der Waals surface area contributed by atoms with E-state index in [2.05, 4.69) is 27.2 Å². The quantitative estimate of drug-likeness (QED) is 0.663. The molecule has 1 aromatic heterocycles. The molecule has 30 heavy (non-hydrogen) atoms. The van der Waals surface area contributed by atoms with E-state index in [0.29, 0.717) is 11.8 Å². The summed E-state index contributed by atoms with van der Waals surface area (Å²) in [5.41, 5.74) is 2.22. The molecule has 2 aliphatic heterocycles. The van der Waals surface area contributed by atoms with Crippen molar-refractivity contribution in [1.82, 2.24) is 15.0 Å². The fourth-order valence-corrected chi connectivity index (χ4v) is 4.96. The van der Waals surface area contributed by atoms with Gasteiger partial charge in [-0.2, -0.15) is 4.98 Å². The Labute approximate surface area is 176 Å². The third-order valence-electron chi connectivity index (χ3n) is 6.63. The topological polar surface area (TPSA) is 62.5 Å². The van der Waals surface area contributed by atoms with E-state index >= 15 is 0 Å². The summed E-state index contributed by atoms with van der Waals surface area (Å²) in [5, 5.41) is 4.16. The number of rotatable bonds is 3. The first-order valence-corrected chi connectivity index (χ1v) is 10.6. The highest BCUT2D eigenvalue weighted by molar-refractivity contribution is 5.84. The Balaban J connectivity index is 1.30. The van der Waals surface area contributed by atoms with Crippen molar-refractivity contribution in [2.75, 3.05) is 31.6 Å². The fraction of sp³-hybridized carbons (Fsp3) is 0.375. The first kappa shape index (κ1) is 18.9. The van der Waals surface area contributed by atoms with Gasteiger partial charge in [0.05, 0.1) is 5.92 Å². The molecule has 2 fully saturated rings. The molecule has 1 spiro atoms. The van der Waals surface area contributed by atoms with Crippen molar-refractivity contribution in [3.63, 3.8) is 0 Å². The van der Waals surface area contributed by atoms with Crippen LogP contribution in [-0.4, -0.2) is 47.6 Å². The summed E-state index contributed by atoms with van der Waals surface area (Å²) in [6.07, 6.45) is 2.93. The predicted octanol–water partition coefficient (Wildman–Crippen LogP) is 3.97. The monoisotopic (exact) mass is 402 g/mol. The molecule has 0 radical (unpaired) electrons. The van der Waals surface area contributed by atoms with E-state index in [-0.39, 0.29) is 17.2 Å². The van der Waals surface area contributed by atoms with Crippen LogP contribution in [0.25, 0.3) is 11.4 Å². The van der Waals surface area contributed by atoms with Crippen LogP contribution < -0.4 is 4.90 Å². The van der Waals surface area contributed by atoms with Gasteiger partial charge in [0.1, 0.15) is 0 Å². The van der Waals surface area contributed by atoms with Crippen molar-refractivity contribution in [2.45, 2.75) is 25.2 Å². The van der Waals surface area contributed by atoms with E-state index in [1.165, 1.54) is 0 Å². The van der Waals surface area contributed by atoms with Gasteiger partial charge in [-0.05, 0) is 30.2 Å². The van der Waals surface area contributed by atoms with Crippen molar-refractivity contribution in [3.8, 4) is 11.4 Å². The molecule has 5 rings (SSSR count). The number of carbonyl (C=O) groups is 1. The number of hydrogen-bond acceptors (Lipinski definition) is 5. The number of amides is 1. The number of carbonyl (C=O) groups excluding carboxylic acids is 1. The van der Waals surface area contributed by atoms with Gasteiger partial charge in [-0.15, -0.1) is 0 Å². The molecule has 1 atom stereocenters. The average Bonchev–Trinajstić information content (AvgIpc) is 3.28. The van der Waals surface area contributed by atoms with Crippen molar-refractivity contribution < 1.29 is 9.32 Å². The lowest BCUT2D eigenvalue weighted by Crippen LogP contribution is -2.52. The van der Waals surface area contributed by atoms with Gasteiger partial charge in [0.15, 0.2) is 0 Å². The van der Waals surface area contributed by atoms with Gasteiger partial charge in [-0.3, -0.25) is 4.79 Å². The molecule has 1 amide bonds. The molecule has 3 aromatic rings. The Hall–Kier alpha value is -3.15. The average molecular weight is 402 g/mol. The number of hydrogen-bond donors (Lipinski definition) is 0. The second-order valence-corrected chi connectivity index (χ2v) is 8.62. The molecular weight excluding hydrogens is 376 g/mol. The number of nitrogens with zero attached hydrogens (tertiary/aromatic N) is 4. The molecular formula is C24H26N4O2. The Morgan fingerprint density at radius 3 is 2.37 bits per heavy atom. The third-order valence-corrected chi connectivity index (χ3v) is 6.63. The van der Waals surface area contributed by atoms with Crippen LogP contribution in [-0.2, 0) is 4.79 Å². The number of benzene rings is 2. The summed E-state index contributed by atoms with van der Waals surface area (Å²) in [6.45, 7) is 2.54. The highest BCUT2D eigenvalue weighted by atomic mass is 16.5. The maximum Gasteiger partial charge on any atom is 0.324 e. The van der Waals surface area contributed by atoms with Crippen LogP contribution >= 0.6 is 0 Å². The van der Waals surface area contributed by atoms with Crippen LogP contribution in [0, 0.1) is 5.41 Å². The minimum Gasteiger partial charge on any atom is -0.345 e. The van der Waals surface area contributed by atoms with Gasteiger partial charge >= 0.3 is 6.01 Å². The number of piperidine rings is 2. The molecule has 6 nitrogen and oxygen atoms in total. The minimum absolute atomic E-state index is 0.0513. The minimum atomic E-state index is -0.0513. The molecule has 154 valence electrons. The Morgan fingerprint density at radius 2 is 1.67 bits per heavy atom. The summed E-state index contributed by atoms with van der Waals surface area (Å²) >= 11 is 0. The van der Waals surface area contributed by atoms with Crippen LogP contribution in [0.1, 0.15) is 30.7 Å². The van der Waals surface area contributed by atoms with E-state index in [0.717, 1.165) is 50.0 Å². The standard InChI is InChI=1S/C24H26N4O2/c1-27-17-24(16-20(22(27)29)18-8-4-2-5-9-18)12-14-28(15-13-24)23-25-21(26-30-23)19-10-6-3-7-11-19/h2-11,20H,12-17H2,1H3/t20-/m1/s1. The van der Waals surface area contributed by atoms with E-state index in [9.17, 15) is 4.79 Å².